The molecule has 0 spiro atoms. The van der Waals surface area contributed by atoms with Crippen LogP contribution in [0.4, 0.5) is 0 Å². The molecule has 2 fully saturated rings. The van der Waals surface area contributed by atoms with Gasteiger partial charge in [0.1, 0.15) is 0 Å². The molecule has 3 heteroatoms. The lowest BCUT2D eigenvalue weighted by Gasteiger charge is -2.18. The molecule has 3 rings (SSSR count). The van der Waals surface area contributed by atoms with Crippen molar-refractivity contribution in [3.05, 3.63) is 35.9 Å². The van der Waals surface area contributed by atoms with Gasteiger partial charge in [0.15, 0.2) is 0 Å². The first-order valence-corrected chi connectivity index (χ1v) is 8.34. The predicted octanol–water partition coefficient (Wildman–Crippen LogP) is 2.87. The standard InChI is InChI=1S/C19H28N2O/c1-18(2)16(19(18,3)4)17(22)21-11-14(10-20)15(12-21)13-8-6-5-7-9-13/h5-9,14-16H,10-12,20H2,1-4H3/t14-,15+/m1/s1. The van der Waals surface area contributed by atoms with Gasteiger partial charge >= 0.3 is 0 Å². The second-order valence-corrected chi connectivity index (χ2v) is 8.13. The summed E-state index contributed by atoms with van der Waals surface area (Å²) in [5.41, 5.74) is 7.50. The number of hydrogen-bond donors (Lipinski definition) is 1. The molecule has 1 aromatic rings. The zero-order valence-electron chi connectivity index (χ0n) is 14.2. The molecule has 1 aliphatic carbocycles. The topological polar surface area (TPSA) is 46.3 Å². The van der Waals surface area contributed by atoms with Gasteiger partial charge in [0.2, 0.25) is 5.91 Å². The number of benzene rings is 1. The summed E-state index contributed by atoms with van der Waals surface area (Å²) in [6, 6.07) is 10.5. The summed E-state index contributed by atoms with van der Waals surface area (Å²) in [4.78, 5) is 15.0. The van der Waals surface area contributed by atoms with Gasteiger partial charge in [0.05, 0.1) is 0 Å². The Hall–Kier alpha value is -1.35. The van der Waals surface area contributed by atoms with Crippen LogP contribution in [-0.4, -0.2) is 30.4 Å². The molecule has 1 saturated carbocycles. The maximum Gasteiger partial charge on any atom is 0.226 e. The molecule has 0 unspecified atom stereocenters. The van der Waals surface area contributed by atoms with Gasteiger partial charge in [-0.2, -0.15) is 0 Å². The van der Waals surface area contributed by atoms with E-state index >= 15 is 0 Å². The fourth-order valence-corrected chi connectivity index (χ4v) is 4.36. The van der Waals surface area contributed by atoms with Crippen molar-refractivity contribution in [2.75, 3.05) is 19.6 Å². The minimum absolute atomic E-state index is 0.104. The van der Waals surface area contributed by atoms with Crippen LogP contribution in [0.5, 0.6) is 0 Å². The molecule has 1 saturated heterocycles. The minimum Gasteiger partial charge on any atom is -0.341 e. The fraction of sp³-hybridized carbons (Fsp3) is 0.632. The number of nitrogens with zero attached hydrogens (tertiary/aromatic N) is 1. The van der Waals surface area contributed by atoms with E-state index in [1.165, 1.54) is 5.56 Å². The Morgan fingerprint density at radius 1 is 1.14 bits per heavy atom. The van der Waals surface area contributed by atoms with E-state index < -0.39 is 0 Å². The third-order valence-corrected chi connectivity index (χ3v) is 6.55. The average Bonchev–Trinajstić information content (AvgIpc) is 2.83. The van der Waals surface area contributed by atoms with Crippen LogP contribution < -0.4 is 5.73 Å². The Morgan fingerprint density at radius 3 is 2.23 bits per heavy atom. The Bertz CT molecular complexity index is 550. The first-order valence-electron chi connectivity index (χ1n) is 8.34. The highest BCUT2D eigenvalue weighted by atomic mass is 16.2. The first kappa shape index (κ1) is 15.5. The molecule has 1 aromatic carbocycles. The molecule has 0 aromatic heterocycles. The smallest absolute Gasteiger partial charge is 0.226 e. The monoisotopic (exact) mass is 300 g/mol. The summed E-state index contributed by atoms with van der Waals surface area (Å²) in [6.07, 6.45) is 0. The number of hydrogen-bond acceptors (Lipinski definition) is 2. The molecule has 0 bridgehead atoms. The Labute approximate surface area is 133 Å². The van der Waals surface area contributed by atoms with Gasteiger partial charge < -0.3 is 10.6 Å². The number of carbonyl (C=O) groups excluding carboxylic acids is 1. The quantitative estimate of drug-likeness (QED) is 0.933. The van der Waals surface area contributed by atoms with Crippen LogP contribution >= 0.6 is 0 Å². The van der Waals surface area contributed by atoms with Crippen LogP contribution in [-0.2, 0) is 4.79 Å². The Morgan fingerprint density at radius 2 is 1.73 bits per heavy atom. The Balaban J connectivity index is 1.77. The Kier molecular flexibility index (Phi) is 3.59. The van der Waals surface area contributed by atoms with Gasteiger partial charge in [0.25, 0.3) is 0 Å². The van der Waals surface area contributed by atoms with Crippen molar-refractivity contribution in [2.24, 2.45) is 28.4 Å². The molecule has 2 atom stereocenters. The number of carbonyl (C=O) groups is 1. The molecular weight excluding hydrogens is 272 g/mol. The van der Waals surface area contributed by atoms with Crippen molar-refractivity contribution in [1.29, 1.82) is 0 Å². The fourth-order valence-electron chi connectivity index (χ4n) is 4.36. The van der Waals surface area contributed by atoms with Gasteiger partial charge in [-0.05, 0) is 28.9 Å². The summed E-state index contributed by atoms with van der Waals surface area (Å²) in [6.45, 7) is 11.1. The van der Waals surface area contributed by atoms with Gasteiger partial charge in [-0.15, -0.1) is 0 Å². The van der Waals surface area contributed by atoms with E-state index in [1.807, 2.05) is 6.07 Å². The van der Waals surface area contributed by atoms with E-state index in [9.17, 15) is 4.79 Å². The highest BCUT2D eigenvalue weighted by Gasteiger charge is 2.69. The van der Waals surface area contributed by atoms with E-state index in [4.69, 9.17) is 5.73 Å². The summed E-state index contributed by atoms with van der Waals surface area (Å²) in [5, 5.41) is 0. The largest absolute Gasteiger partial charge is 0.341 e. The van der Waals surface area contributed by atoms with E-state index in [2.05, 4.69) is 56.9 Å². The maximum absolute atomic E-state index is 13.0. The normalized spacial score (nSPS) is 29.6. The van der Waals surface area contributed by atoms with Crippen molar-refractivity contribution >= 4 is 5.91 Å². The van der Waals surface area contributed by atoms with E-state index in [0.29, 0.717) is 24.3 Å². The van der Waals surface area contributed by atoms with Gasteiger partial charge in [-0.25, -0.2) is 0 Å². The molecule has 0 radical (unpaired) electrons. The van der Waals surface area contributed by atoms with Crippen LogP contribution in [0.2, 0.25) is 0 Å². The van der Waals surface area contributed by atoms with Crippen LogP contribution in [0.3, 0.4) is 0 Å². The van der Waals surface area contributed by atoms with Crippen molar-refractivity contribution in [1.82, 2.24) is 4.90 Å². The van der Waals surface area contributed by atoms with Crippen molar-refractivity contribution in [2.45, 2.75) is 33.6 Å². The second-order valence-electron chi connectivity index (χ2n) is 8.13. The first-order chi connectivity index (χ1) is 10.3. The van der Waals surface area contributed by atoms with Gasteiger partial charge in [-0.3, -0.25) is 4.79 Å². The maximum atomic E-state index is 13.0. The average molecular weight is 300 g/mol. The summed E-state index contributed by atoms with van der Waals surface area (Å²) >= 11 is 0. The van der Waals surface area contributed by atoms with Crippen LogP contribution in [0.25, 0.3) is 0 Å². The highest BCUT2D eigenvalue weighted by Crippen LogP contribution is 2.69. The van der Waals surface area contributed by atoms with Crippen LogP contribution in [0.15, 0.2) is 30.3 Å². The second kappa shape index (κ2) is 5.09. The minimum atomic E-state index is 0.104. The van der Waals surface area contributed by atoms with E-state index in [1.54, 1.807) is 0 Å². The van der Waals surface area contributed by atoms with Crippen molar-refractivity contribution < 1.29 is 4.79 Å². The molecule has 22 heavy (non-hydrogen) atoms. The van der Waals surface area contributed by atoms with Crippen molar-refractivity contribution in [3.63, 3.8) is 0 Å². The molecular formula is C19H28N2O. The lowest BCUT2D eigenvalue weighted by molar-refractivity contribution is -0.132. The van der Waals surface area contributed by atoms with Gasteiger partial charge in [0, 0.05) is 24.9 Å². The molecule has 1 heterocycles. The number of rotatable bonds is 3. The van der Waals surface area contributed by atoms with Crippen LogP contribution in [0.1, 0.15) is 39.2 Å². The lowest BCUT2D eigenvalue weighted by Crippen LogP contribution is -2.32. The molecule has 120 valence electrons. The van der Waals surface area contributed by atoms with Crippen molar-refractivity contribution in [3.8, 4) is 0 Å². The predicted molar refractivity (Wildman–Crippen MR) is 89.4 cm³/mol. The zero-order valence-corrected chi connectivity index (χ0v) is 14.2. The summed E-state index contributed by atoms with van der Waals surface area (Å²) in [7, 11) is 0. The van der Waals surface area contributed by atoms with E-state index in [-0.39, 0.29) is 16.7 Å². The SMILES string of the molecule is CC1(C)C(C(=O)N2C[C@@H](CN)[C@H](c3ccccc3)C2)C1(C)C. The number of nitrogens with two attached hydrogens (primary N) is 1. The molecule has 3 nitrogen and oxygen atoms in total. The highest BCUT2D eigenvalue weighted by molar-refractivity contribution is 5.84. The third-order valence-electron chi connectivity index (χ3n) is 6.55. The molecule has 2 aliphatic rings. The number of likely N-dealkylation sites (tertiary alicyclic amines) is 1. The van der Waals surface area contributed by atoms with Crippen LogP contribution in [0, 0.1) is 22.7 Å². The molecule has 1 aliphatic heterocycles. The molecule has 1 amide bonds. The third kappa shape index (κ3) is 2.18. The lowest BCUT2D eigenvalue weighted by atomic mass is 9.89. The summed E-state index contributed by atoms with van der Waals surface area (Å²) in [5.74, 6) is 1.22. The summed E-state index contributed by atoms with van der Waals surface area (Å²) < 4.78 is 0. The molecule has 2 N–H and O–H groups in total. The van der Waals surface area contributed by atoms with E-state index in [0.717, 1.165) is 13.1 Å². The van der Waals surface area contributed by atoms with Gasteiger partial charge in [-0.1, -0.05) is 58.0 Å². The zero-order chi connectivity index (χ0) is 16.1. The number of amides is 1.